The minimum atomic E-state index is -4.69. The molecule has 0 unspecified atom stereocenters. The van der Waals surface area contributed by atoms with Crippen molar-refractivity contribution in [1.29, 1.82) is 0 Å². The molecule has 53 heavy (non-hydrogen) atoms. The molecule has 0 fully saturated rings. The van der Waals surface area contributed by atoms with Crippen LogP contribution in [0.4, 0.5) is 45.2 Å². The zero-order valence-corrected chi connectivity index (χ0v) is 29.5. The van der Waals surface area contributed by atoms with E-state index >= 15 is 0 Å². The monoisotopic (exact) mass is 836 g/mol. The summed E-state index contributed by atoms with van der Waals surface area (Å²) in [7, 11) is 1.08. The van der Waals surface area contributed by atoms with Crippen molar-refractivity contribution in [1.82, 2.24) is 14.8 Å². The largest absolute Gasteiger partial charge is 0.459 e. The van der Waals surface area contributed by atoms with E-state index in [2.05, 4.69) is 31.3 Å². The number of anilines is 1. The number of aromatic nitrogens is 3. The first kappa shape index (κ1) is 40.7. The lowest BCUT2D eigenvalue weighted by atomic mass is 10.1. The number of nitrogens with one attached hydrogen (secondary N) is 1. The number of esters is 1. The van der Waals surface area contributed by atoms with E-state index in [9.17, 15) is 49.1 Å². The van der Waals surface area contributed by atoms with E-state index in [0.717, 1.165) is 49.5 Å². The molecule has 2 heterocycles. The Balaban J connectivity index is 0.000000238. The van der Waals surface area contributed by atoms with Gasteiger partial charge in [-0.05, 0) is 84.4 Å². The average molecular weight is 838 g/mol. The molecule has 280 valence electrons. The number of ether oxygens (including phenoxy) is 2. The Kier molecular flexibility index (Phi) is 12.5. The highest BCUT2D eigenvalue weighted by Crippen LogP contribution is 2.41. The fourth-order valence-corrected chi connectivity index (χ4v) is 5.42. The van der Waals surface area contributed by atoms with Crippen molar-refractivity contribution in [3.63, 3.8) is 0 Å². The second kappa shape index (κ2) is 16.3. The van der Waals surface area contributed by atoms with Crippen molar-refractivity contribution >= 4 is 45.1 Å². The summed E-state index contributed by atoms with van der Waals surface area (Å²) >= 11 is 8.67. The van der Waals surface area contributed by atoms with Crippen LogP contribution in [0.3, 0.4) is 0 Å². The number of pyridine rings is 1. The summed E-state index contributed by atoms with van der Waals surface area (Å²) < 4.78 is 129. The number of nitrogens with zero attached hydrogens (tertiary/aromatic N) is 3. The molecule has 0 atom stereocenters. The molecule has 3 aromatic carbocycles. The summed E-state index contributed by atoms with van der Waals surface area (Å²) in [6.07, 6.45) is -8.43. The molecule has 0 saturated heterocycles. The van der Waals surface area contributed by atoms with Gasteiger partial charge in [-0.3, -0.25) is 9.48 Å². The highest BCUT2D eigenvalue weighted by atomic mass is 79.9. The molecule has 1 amide bonds. The third kappa shape index (κ3) is 10.1. The van der Waals surface area contributed by atoms with E-state index in [-0.39, 0.29) is 44.7 Å². The molecular weight excluding hydrogens is 815 g/mol. The Labute approximate surface area is 307 Å². The van der Waals surface area contributed by atoms with Crippen molar-refractivity contribution in [3.8, 4) is 22.9 Å². The number of hydrogen-bond acceptors (Lipinski definition) is 6. The maximum Gasteiger partial charge on any atom is 0.434 e. The molecule has 0 radical (unpaired) electrons. The Morgan fingerprint density at radius 3 is 2.19 bits per heavy atom. The van der Waals surface area contributed by atoms with Crippen molar-refractivity contribution < 1.29 is 58.6 Å². The molecule has 0 aliphatic heterocycles. The Bertz CT molecular complexity index is 2160. The van der Waals surface area contributed by atoms with Gasteiger partial charge in [0.15, 0.2) is 5.69 Å². The maximum absolute atomic E-state index is 14.3. The van der Waals surface area contributed by atoms with Crippen LogP contribution in [0.1, 0.15) is 45.8 Å². The van der Waals surface area contributed by atoms with Gasteiger partial charge >= 0.3 is 18.3 Å². The standard InChI is InChI=1S/C19H11F5N2O2.C15H12BrClF4N2O2/c20-12-6-7-16(15(21)10-12)26-17(27)14-5-2-8-25-18(14)28-13-4-1-3-11(9-13)19(22,23)24;1-6(2)25-14(24)7-4-8(10(18)5-9(7)17)12-11(16)13(15(19,20)21)23(3)22-12/h1-10H,(H,26,27);4-6H,1-3H3. The van der Waals surface area contributed by atoms with E-state index in [4.69, 9.17) is 21.1 Å². The average Bonchev–Trinajstić information content (AvgIpc) is 3.35. The summed E-state index contributed by atoms with van der Waals surface area (Å²) in [5.74, 6) is -4.83. The molecule has 0 spiro atoms. The summed E-state index contributed by atoms with van der Waals surface area (Å²) in [4.78, 5) is 28.3. The predicted molar refractivity (Wildman–Crippen MR) is 177 cm³/mol. The molecule has 19 heteroatoms. The van der Waals surface area contributed by atoms with Gasteiger partial charge in [-0.25, -0.2) is 22.9 Å². The van der Waals surface area contributed by atoms with E-state index < -0.39 is 63.5 Å². The molecule has 1 N–H and O–H groups in total. The fraction of sp³-hybridized carbons (Fsp3) is 0.176. The molecule has 8 nitrogen and oxygen atoms in total. The minimum Gasteiger partial charge on any atom is -0.459 e. The lowest BCUT2D eigenvalue weighted by molar-refractivity contribution is -0.144. The third-order valence-electron chi connectivity index (χ3n) is 6.70. The summed E-state index contributed by atoms with van der Waals surface area (Å²) in [5, 5.41) is 5.74. The molecule has 0 aliphatic rings. The van der Waals surface area contributed by atoms with E-state index in [1.807, 2.05) is 0 Å². The Hall–Kier alpha value is -5.10. The van der Waals surface area contributed by atoms with Crippen LogP contribution in [-0.4, -0.2) is 32.7 Å². The van der Waals surface area contributed by atoms with Crippen LogP contribution < -0.4 is 10.1 Å². The van der Waals surface area contributed by atoms with Gasteiger partial charge in [0.2, 0.25) is 5.88 Å². The predicted octanol–water partition coefficient (Wildman–Crippen LogP) is 10.6. The summed E-state index contributed by atoms with van der Waals surface area (Å²) in [6.45, 7) is 3.22. The molecule has 0 aliphatic carbocycles. The van der Waals surface area contributed by atoms with E-state index in [0.29, 0.717) is 10.7 Å². The Morgan fingerprint density at radius 2 is 1.58 bits per heavy atom. The zero-order valence-electron chi connectivity index (χ0n) is 27.1. The van der Waals surface area contributed by atoms with Gasteiger partial charge in [0.1, 0.15) is 34.5 Å². The molecule has 5 rings (SSSR count). The SMILES string of the molecule is CC(C)OC(=O)c1cc(-c2nn(C)c(C(F)(F)F)c2Br)c(F)cc1Cl.O=C(Nc1ccc(F)cc1F)c1cccnc1Oc1cccc(C(F)(F)F)c1. The van der Waals surface area contributed by atoms with Gasteiger partial charge in [-0.15, -0.1) is 0 Å². The number of hydrogen-bond donors (Lipinski definition) is 1. The number of aryl methyl sites for hydroxylation is 1. The summed E-state index contributed by atoms with van der Waals surface area (Å²) in [5.41, 5.74) is -3.22. The van der Waals surface area contributed by atoms with Crippen LogP contribution in [0.2, 0.25) is 5.02 Å². The Morgan fingerprint density at radius 1 is 0.887 bits per heavy atom. The van der Waals surface area contributed by atoms with Gasteiger partial charge in [0.05, 0.1) is 32.4 Å². The molecule has 5 aromatic rings. The van der Waals surface area contributed by atoms with Crippen LogP contribution in [0.25, 0.3) is 11.3 Å². The lowest BCUT2D eigenvalue weighted by Gasteiger charge is -2.12. The van der Waals surface area contributed by atoms with Crippen molar-refractivity contribution in [2.24, 2.45) is 7.05 Å². The molecule has 0 bridgehead atoms. The smallest absolute Gasteiger partial charge is 0.434 e. The number of carbonyl (C=O) groups excluding carboxylic acids is 2. The van der Waals surface area contributed by atoms with Crippen LogP contribution in [-0.2, 0) is 24.1 Å². The maximum atomic E-state index is 14.3. The summed E-state index contributed by atoms with van der Waals surface area (Å²) in [6, 6.07) is 11.2. The normalized spacial score (nSPS) is 11.5. The number of amides is 1. The van der Waals surface area contributed by atoms with Gasteiger partial charge in [-0.2, -0.15) is 31.4 Å². The fourth-order valence-electron chi connectivity index (χ4n) is 4.42. The van der Waals surface area contributed by atoms with Crippen molar-refractivity contribution in [2.75, 3.05) is 5.32 Å². The van der Waals surface area contributed by atoms with E-state index in [1.165, 1.54) is 24.4 Å². The first-order chi connectivity index (χ1) is 24.7. The topological polar surface area (TPSA) is 95.3 Å². The van der Waals surface area contributed by atoms with Crippen LogP contribution in [0, 0.1) is 17.5 Å². The number of benzene rings is 3. The first-order valence-corrected chi connectivity index (χ1v) is 15.9. The number of halogens is 11. The first-order valence-electron chi connectivity index (χ1n) is 14.7. The number of carbonyl (C=O) groups is 2. The lowest BCUT2D eigenvalue weighted by Crippen LogP contribution is -2.14. The number of alkyl halides is 6. The van der Waals surface area contributed by atoms with Crippen LogP contribution in [0.5, 0.6) is 11.6 Å². The molecule has 0 saturated carbocycles. The zero-order chi connectivity index (χ0) is 39.4. The van der Waals surface area contributed by atoms with Crippen LogP contribution in [0.15, 0.2) is 77.4 Å². The van der Waals surface area contributed by atoms with E-state index in [1.54, 1.807) is 13.8 Å². The highest BCUT2D eigenvalue weighted by molar-refractivity contribution is 9.10. The number of rotatable bonds is 7. The van der Waals surface area contributed by atoms with Crippen molar-refractivity contribution in [3.05, 3.63) is 122 Å². The van der Waals surface area contributed by atoms with Crippen molar-refractivity contribution in [2.45, 2.75) is 32.3 Å². The second-order valence-corrected chi connectivity index (χ2v) is 12.2. The van der Waals surface area contributed by atoms with Gasteiger partial charge < -0.3 is 14.8 Å². The van der Waals surface area contributed by atoms with Gasteiger partial charge in [0.25, 0.3) is 5.91 Å². The third-order valence-corrected chi connectivity index (χ3v) is 7.77. The van der Waals surface area contributed by atoms with Crippen LogP contribution >= 0.6 is 27.5 Å². The van der Waals surface area contributed by atoms with Gasteiger partial charge in [-0.1, -0.05) is 17.7 Å². The quantitative estimate of drug-likeness (QED) is 0.130. The van der Waals surface area contributed by atoms with Gasteiger partial charge in [0, 0.05) is 24.9 Å². The second-order valence-electron chi connectivity index (χ2n) is 11.0. The highest BCUT2D eigenvalue weighted by Gasteiger charge is 2.39. The molecular formula is C34H23BrClF9N4O4. The minimum absolute atomic E-state index is 0.149. The molecule has 2 aromatic heterocycles.